The number of cyclic esters (lactones) is 1. The zero-order valence-corrected chi connectivity index (χ0v) is 19.8. The molecule has 2 aliphatic carbocycles. The van der Waals surface area contributed by atoms with Crippen molar-refractivity contribution >= 4 is 17.7 Å². The van der Waals surface area contributed by atoms with Gasteiger partial charge >= 0.3 is 11.9 Å². The third-order valence-electron chi connectivity index (χ3n) is 8.24. The molecule has 1 unspecified atom stereocenters. The number of aliphatic hydroxyl groups is 1. The highest BCUT2D eigenvalue weighted by molar-refractivity contribution is 5.85. The lowest BCUT2D eigenvalue weighted by atomic mass is 9.57. The maximum absolute atomic E-state index is 13.0. The van der Waals surface area contributed by atoms with Crippen molar-refractivity contribution in [2.75, 3.05) is 0 Å². The summed E-state index contributed by atoms with van der Waals surface area (Å²) in [5.74, 6) is 0.300. The Kier molecular flexibility index (Phi) is 7.50. The molecule has 31 heavy (non-hydrogen) atoms. The summed E-state index contributed by atoms with van der Waals surface area (Å²) in [6.45, 7) is 9.99. The van der Waals surface area contributed by atoms with E-state index in [1.54, 1.807) is 0 Å². The minimum atomic E-state index is -0.634. The largest absolute Gasteiger partial charge is 0.462 e. The van der Waals surface area contributed by atoms with E-state index in [1.807, 2.05) is 27.7 Å². The maximum atomic E-state index is 13.0. The van der Waals surface area contributed by atoms with E-state index in [0.717, 1.165) is 19.3 Å². The summed E-state index contributed by atoms with van der Waals surface area (Å²) in [7, 11) is 0. The van der Waals surface area contributed by atoms with Crippen LogP contribution in [0.25, 0.3) is 0 Å². The number of rotatable bonds is 6. The van der Waals surface area contributed by atoms with Gasteiger partial charge in [-0.2, -0.15) is 0 Å². The molecule has 0 amide bonds. The Morgan fingerprint density at radius 2 is 1.87 bits per heavy atom. The fourth-order valence-corrected chi connectivity index (χ4v) is 5.84. The van der Waals surface area contributed by atoms with Crippen molar-refractivity contribution in [1.29, 1.82) is 0 Å². The van der Waals surface area contributed by atoms with E-state index in [9.17, 15) is 19.5 Å². The Bertz CT molecular complexity index is 685. The quantitative estimate of drug-likeness (QED) is 0.631. The molecular formula is C25H40O6. The molecule has 0 bridgehead atoms. The van der Waals surface area contributed by atoms with Gasteiger partial charge in [-0.3, -0.25) is 14.4 Å². The second-order valence-corrected chi connectivity index (χ2v) is 10.9. The number of fused-ring (bicyclic) bond motifs is 1. The highest BCUT2D eigenvalue weighted by Crippen LogP contribution is 2.49. The molecule has 1 N–H and O–H groups in total. The second kappa shape index (κ2) is 9.60. The predicted molar refractivity (Wildman–Crippen MR) is 116 cm³/mol. The first-order chi connectivity index (χ1) is 14.5. The van der Waals surface area contributed by atoms with E-state index in [1.165, 1.54) is 0 Å². The van der Waals surface area contributed by atoms with Crippen LogP contribution in [0, 0.1) is 35.0 Å². The first kappa shape index (κ1) is 24.2. The monoisotopic (exact) mass is 436 g/mol. The lowest BCUT2D eigenvalue weighted by molar-refractivity contribution is -0.176. The Labute approximate surface area is 186 Å². The minimum Gasteiger partial charge on any atom is -0.462 e. The third kappa shape index (κ3) is 5.32. The summed E-state index contributed by atoms with van der Waals surface area (Å²) >= 11 is 0. The lowest BCUT2D eigenvalue weighted by Crippen LogP contribution is -2.52. The van der Waals surface area contributed by atoms with Crippen LogP contribution in [0.3, 0.4) is 0 Å². The molecule has 3 fully saturated rings. The van der Waals surface area contributed by atoms with Crippen molar-refractivity contribution in [2.45, 2.75) is 104 Å². The maximum Gasteiger partial charge on any atom is 0.311 e. The Balaban J connectivity index is 1.77. The normalized spacial score (nSPS) is 38.9. The topological polar surface area (TPSA) is 89.9 Å². The molecule has 6 nitrogen and oxygen atoms in total. The van der Waals surface area contributed by atoms with Crippen LogP contribution in [0.15, 0.2) is 0 Å². The van der Waals surface area contributed by atoms with Crippen molar-refractivity contribution in [2.24, 2.45) is 35.0 Å². The Morgan fingerprint density at radius 1 is 1.16 bits per heavy atom. The number of ether oxygens (including phenoxy) is 2. The van der Waals surface area contributed by atoms with Crippen LogP contribution in [0.5, 0.6) is 0 Å². The van der Waals surface area contributed by atoms with E-state index in [0.29, 0.717) is 37.4 Å². The number of ketones is 1. The minimum absolute atomic E-state index is 0.0215. The van der Waals surface area contributed by atoms with Gasteiger partial charge in [-0.15, -0.1) is 0 Å². The van der Waals surface area contributed by atoms with Crippen molar-refractivity contribution in [3.8, 4) is 0 Å². The van der Waals surface area contributed by atoms with Crippen molar-refractivity contribution in [3.05, 3.63) is 0 Å². The van der Waals surface area contributed by atoms with Crippen molar-refractivity contribution in [1.82, 2.24) is 0 Å². The van der Waals surface area contributed by atoms with E-state index in [2.05, 4.69) is 6.92 Å². The average Bonchev–Trinajstić information content (AvgIpc) is 2.69. The fourth-order valence-electron chi connectivity index (χ4n) is 5.84. The molecule has 8 atom stereocenters. The number of aliphatic hydroxyl groups excluding tert-OH is 1. The first-order valence-corrected chi connectivity index (χ1v) is 12.2. The van der Waals surface area contributed by atoms with Crippen LogP contribution in [0.4, 0.5) is 0 Å². The SMILES string of the molecule is CCC(C)(C)C(=O)O[C@H]1C[C@@H](C)C(=O)[C@@H]2CC[C@H](C)[C@H](CC[C@@H]3C[C@@H](O)CC(=O)O3)C12. The van der Waals surface area contributed by atoms with Crippen molar-refractivity contribution in [3.63, 3.8) is 0 Å². The van der Waals surface area contributed by atoms with Gasteiger partial charge in [0.2, 0.25) is 0 Å². The van der Waals surface area contributed by atoms with Crippen molar-refractivity contribution < 1.29 is 29.0 Å². The molecule has 0 aromatic rings. The molecule has 6 heteroatoms. The smallest absolute Gasteiger partial charge is 0.311 e. The van der Waals surface area contributed by atoms with E-state index in [4.69, 9.17) is 9.47 Å². The summed E-state index contributed by atoms with van der Waals surface area (Å²) in [6.07, 6.45) is 3.99. The molecule has 2 saturated carbocycles. The summed E-state index contributed by atoms with van der Waals surface area (Å²) in [5.41, 5.74) is -0.539. The van der Waals surface area contributed by atoms with E-state index >= 15 is 0 Å². The van der Waals surface area contributed by atoms with E-state index < -0.39 is 11.5 Å². The molecule has 176 valence electrons. The van der Waals surface area contributed by atoms with Gasteiger partial charge < -0.3 is 14.6 Å². The van der Waals surface area contributed by atoms with Crippen LogP contribution in [-0.2, 0) is 23.9 Å². The molecule has 1 aliphatic heterocycles. The van der Waals surface area contributed by atoms with Crippen LogP contribution in [-0.4, -0.2) is 41.1 Å². The highest BCUT2D eigenvalue weighted by Gasteiger charge is 2.51. The summed E-state index contributed by atoms with van der Waals surface area (Å²) in [5, 5.41) is 9.93. The first-order valence-electron chi connectivity index (χ1n) is 12.2. The lowest BCUT2D eigenvalue weighted by Gasteiger charge is -2.49. The second-order valence-electron chi connectivity index (χ2n) is 10.9. The molecule has 0 aromatic carbocycles. The summed E-state index contributed by atoms with van der Waals surface area (Å²) in [4.78, 5) is 37.7. The average molecular weight is 437 g/mol. The fraction of sp³-hybridized carbons (Fsp3) is 0.880. The highest BCUT2D eigenvalue weighted by atomic mass is 16.6. The third-order valence-corrected chi connectivity index (χ3v) is 8.24. The van der Waals surface area contributed by atoms with Gasteiger partial charge in [0.25, 0.3) is 0 Å². The zero-order valence-electron chi connectivity index (χ0n) is 19.8. The molecule has 1 saturated heterocycles. The Morgan fingerprint density at radius 3 is 2.52 bits per heavy atom. The zero-order chi connectivity index (χ0) is 22.9. The molecule has 0 radical (unpaired) electrons. The number of Topliss-reactive ketones (excluding diaryl/α,β-unsaturated/α-hetero) is 1. The number of carbonyl (C=O) groups excluding carboxylic acids is 3. The summed E-state index contributed by atoms with van der Waals surface area (Å²) in [6, 6.07) is 0. The molecule has 3 rings (SSSR count). The number of hydrogen-bond donors (Lipinski definition) is 1. The van der Waals surface area contributed by atoms with Gasteiger partial charge in [0.15, 0.2) is 0 Å². The molecule has 3 aliphatic rings. The van der Waals surface area contributed by atoms with Crippen LogP contribution >= 0.6 is 0 Å². The molecule has 0 spiro atoms. The summed E-state index contributed by atoms with van der Waals surface area (Å²) < 4.78 is 11.6. The van der Waals surface area contributed by atoms with Gasteiger partial charge in [0, 0.05) is 24.2 Å². The molecular weight excluding hydrogens is 396 g/mol. The van der Waals surface area contributed by atoms with Crippen LogP contribution in [0.2, 0.25) is 0 Å². The standard InChI is InChI=1S/C25H40O6/c1-6-25(4,5)24(29)31-20-11-15(3)23(28)19-9-7-14(2)18(22(19)20)10-8-17-12-16(26)13-21(27)30-17/h14-20,22,26H,6-13H2,1-5H3/t14-,15+,16+,17+,18-,19+,20-,22?/m0/s1. The number of hydrogen-bond acceptors (Lipinski definition) is 6. The van der Waals surface area contributed by atoms with E-state index in [-0.39, 0.29) is 54.2 Å². The molecule has 1 heterocycles. The van der Waals surface area contributed by atoms with Crippen LogP contribution in [0.1, 0.15) is 86.0 Å². The number of carbonyl (C=O) groups is 3. The van der Waals surface area contributed by atoms with Gasteiger partial charge in [-0.05, 0) is 64.2 Å². The van der Waals surface area contributed by atoms with Crippen LogP contribution < -0.4 is 0 Å². The Hall–Kier alpha value is -1.43. The number of esters is 2. The van der Waals surface area contributed by atoms with Gasteiger partial charge in [0.1, 0.15) is 18.0 Å². The predicted octanol–water partition coefficient (Wildman–Crippen LogP) is 4.07. The molecule has 0 aromatic heterocycles. The van der Waals surface area contributed by atoms with Gasteiger partial charge in [0.05, 0.1) is 17.9 Å². The van der Waals surface area contributed by atoms with Gasteiger partial charge in [-0.1, -0.05) is 20.8 Å². The van der Waals surface area contributed by atoms with Gasteiger partial charge in [-0.25, -0.2) is 0 Å².